The molecule has 0 bridgehead atoms. The first-order chi connectivity index (χ1) is 8.92. The minimum atomic E-state index is -4.24. The number of halogens is 5. The number of ether oxygens (including phenoxy) is 1. The van der Waals surface area contributed by atoms with Crippen molar-refractivity contribution in [2.24, 2.45) is 5.92 Å². The predicted molar refractivity (Wildman–Crippen MR) is 76.6 cm³/mol. The standard InChI is InChI=1S/C13H15Br2F3O/c14-8-10(5-6-19-9-13(16,17)18)7-11-3-1-2-4-12(11)15/h1-4,10H,5-9H2. The summed E-state index contributed by atoms with van der Waals surface area (Å²) in [5.41, 5.74) is 1.16. The molecule has 0 aliphatic heterocycles. The van der Waals surface area contributed by atoms with Crippen LogP contribution in [0.5, 0.6) is 0 Å². The molecule has 0 aromatic heterocycles. The summed E-state index contributed by atoms with van der Waals surface area (Å²) in [6.45, 7) is -1.04. The predicted octanol–water partition coefficient (Wildman–Crippen LogP) is 4.97. The highest BCUT2D eigenvalue weighted by atomic mass is 79.9. The minimum absolute atomic E-state index is 0.125. The van der Waals surface area contributed by atoms with E-state index in [1.165, 1.54) is 0 Å². The fourth-order valence-electron chi connectivity index (χ4n) is 1.65. The summed E-state index contributed by atoms with van der Waals surface area (Å²) in [5, 5.41) is 0.740. The quantitative estimate of drug-likeness (QED) is 0.461. The number of alkyl halides is 4. The van der Waals surface area contributed by atoms with E-state index < -0.39 is 12.8 Å². The molecule has 1 unspecified atom stereocenters. The van der Waals surface area contributed by atoms with E-state index in [-0.39, 0.29) is 12.5 Å². The van der Waals surface area contributed by atoms with Crippen molar-refractivity contribution in [2.75, 3.05) is 18.5 Å². The van der Waals surface area contributed by atoms with Crippen LogP contribution in [0.2, 0.25) is 0 Å². The second-order valence-corrected chi connectivity index (χ2v) is 5.77. The van der Waals surface area contributed by atoms with Crippen LogP contribution >= 0.6 is 31.9 Å². The lowest BCUT2D eigenvalue weighted by Crippen LogP contribution is -2.19. The number of hydrogen-bond acceptors (Lipinski definition) is 1. The molecular weight excluding hydrogens is 389 g/mol. The van der Waals surface area contributed by atoms with Crippen molar-refractivity contribution in [3.8, 4) is 0 Å². The summed E-state index contributed by atoms with van der Waals surface area (Å²) in [4.78, 5) is 0. The Morgan fingerprint density at radius 2 is 1.89 bits per heavy atom. The Morgan fingerprint density at radius 3 is 2.47 bits per heavy atom. The van der Waals surface area contributed by atoms with E-state index in [4.69, 9.17) is 0 Å². The van der Waals surface area contributed by atoms with Gasteiger partial charge in [0, 0.05) is 16.4 Å². The maximum atomic E-state index is 11.9. The summed E-state index contributed by atoms with van der Waals surface area (Å²) in [5.74, 6) is 0.256. The summed E-state index contributed by atoms with van der Waals surface area (Å²) < 4.78 is 41.4. The first-order valence-electron chi connectivity index (χ1n) is 5.86. The molecule has 19 heavy (non-hydrogen) atoms. The van der Waals surface area contributed by atoms with E-state index in [9.17, 15) is 13.2 Å². The first-order valence-corrected chi connectivity index (χ1v) is 7.77. The van der Waals surface area contributed by atoms with Crippen molar-refractivity contribution in [3.63, 3.8) is 0 Å². The molecule has 0 saturated heterocycles. The molecule has 1 nitrogen and oxygen atoms in total. The SMILES string of the molecule is FC(F)(F)COCCC(CBr)Cc1ccccc1Br. The maximum absolute atomic E-state index is 11.9. The fraction of sp³-hybridized carbons (Fsp3) is 0.538. The molecule has 0 N–H and O–H groups in total. The van der Waals surface area contributed by atoms with E-state index in [1.807, 2.05) is 24.3 Å². The van der Waals surface area contributed by atoms with Gasteiger partial charge in [0.15, 0.2) is 0 Å². The molecule has 0 fully saturated rings. The van der Waals surface area contributed by atoms with Crippen molar-refractivity contribution in [1.29, 1.82) is 0 Å². The summed E-state index contributed by atoms with van der Waals surface area (Å²) >= 11 is 6.86. The van der Waals surface area contributed by atoms with Gasteiger partial charge < -0.3 is 4.74 Å². The second-order valence-electron chi connectivity index (χ2n) is 4.27. The van der Waals surface area contributed by atoms with Crippen molar-refractivity contribution in [3.05, 3.63) is 34.3 Å². The maximum Gasteiger partial charge on any atom is 0.411 e. The molecule has 108 valence electrons. The lowest BCUT2D eigenvalue weighted by atomic mass is 9.98. The van der Waals surface area contributed by atoms with E-state index in [1.54, 1.807) is 0 Å². The highest BCUT2D eigenvalue weighted by molar-refractivity contribution is 9.10. The van der Waals surface area contributed by atoms with Crippen LogP contribution in [0.3, 0.4) is 0 Å². The second kappa shape index (κ2) is 8.27. The van der Waals surface area contributed by atoms with Gasteiger partial charge in [0.25, 0.3) is 0 Å². The topological polar surface area (TPSA) is 9.23 Å². The molecular formula is C13H15Br2F3O. The molecule has 0 heterocycles. The Hall–Kier alpha value is -0.0700. The Morgan fingerprint density at radius 1 is 1.21 bits per heavy atom. The lowest BCUT2D eigenvalue weighted by Gasteiger charge is -2.15. The van der Waals surface area contributed by atoms with Gasteiger partial charge in [-0.1, -0.05) is 50.1 Å². The molecule has 0 spiro atoms. The van der Waals surface area contributed by atoms with Gasteiger partial charge in [0.1, 0.15) is 6.61 Å². The molecule has 6 heteroatoms. The summed E-state index contributed by atoms with van der Waals surface area (Å²) in [7, 11) is 0. The molecule has 0 aliphatic carbocycles. The van der Waals surface area contributed by atoms with Crippen LogP contribution in [-0.2, 0) is 11.2 Å². The average molecular weight is 404 g/mol. The van der Waals surface area contributed by atoms with Crippen LogP contribution in [-0.4, -0.2) is 24.7 Å². The third-order valence-corrected chi connectivity index (χ3v) is 4.31. The average Bonchev–Trinajstić information content (AvgIpc) is 2.34. The highest BCUT2D eigenvalue weighted by Crippen LogP contribution is 2.22. The summed E-state index contributed by atoms with van der Waals surface area (Å²) in [6.07, 6.45) is -2.84. The third kappa shape index (κ3) is 7.32. The van der Waals surface area contributed by atoms with Crippen LogP contribution in [0.4, 0.5) is 13.2 Å². The van der Waals surface area contributed by atoms with E-state index >= 15 is 0 Å². The molecule has 1 rings (SSSR count). The van der Waals surface area contributed by atoms with Gasteiger partial charge in [0.05, 0.1) is 0 Å². The van der Waals surface area contributed by atoms with Crippen LogP contribution in [0.25, 0.3) is 0 Å². The van der Waals surface area contributed by atoms with E-state index in [0.717, 1.165) is 21.8 Å². The highest BCUT2D eigenvalue weighted by Gasteiger charge is 2.27. The summed E-state index contributed by atoms with van der Waals surface area (Å²) in [6, 6.07) is 7.85. The van der Waals surface area contributed by atoms with Gasteiger partial charge in [-0.25, -0.2) is 0 Å². The Labute approximate surface area is 127 Å². The third-order valence-electron chi connectivity index (χ3n) is 2.62. The van der Waals surface area contributed by atoms with Crippen LogP contribution < -0.4 is 0 Å². The number of benzene rings is 1. The Balaban J connectivity index is 2.36. The lowest BCUT2D eigenvalue weighted by molar-refractivity contribution is -0.174. The zero-order valence-electron chi connectivity index (χ0n) is 10.2. The Bertz CT molecular complexity index is 382. The van der Waals surface area contributed by atoms with Crippen molar-refractivity contribution in [1.82, 2.24) is 0 Å². The molecule has 1 atom stereocenters. The monoisotopic (exact) mass is 402 g/mol. The molecule has 0 saturated carbocycles. The molecule has 0 aliphatic rings. The normalized spacial score (nSPS) is 13.5. The molecule has 0 amide bonds. The molecule has 0 radical (unpaired) electrons. The Kier molecular flexibility index (Phi) is 7.39. The van der Waals surface area contributed by atoms with Gasteiger partial charge >= 0.3 is 6.18 Å². The van der Waals surface area contributed by atoms with Gasteiger partial charge in [-0.3, -0.25) is 0 Å². The van der Waals surface area contributed by atoms with Crippen molar-refractivity contribution >= 4 is 31.9 Å². The van der Waals surface area contributed by atoms with Crippen LogP contribution in [0.1, 0.15) is 12.0 Å². The fourth-order valence-corrected chi connectivity index (χ4v) is 2.65. The minimum Gasteiger partial charge on any atom is -0.372 e. The van der Waals surface area contributed by atoms with Gasteiger partial charge in [-0.05, 0) is 30.4 Å². The van der Waals surface area contributed by atoms with Crippen molar-refractivity contribution in [2.45, 2.75) is 19.0 Å². The van der Waals surface area contributed by atoms with Gasteiger partial charge in [-0.2, -0.15) is 13.2 Å². The smallest absolute Gasteiger partial charge is 0.372 e. The zero-order chi connectivity index (χ0) is 14.3. The van der Waals surface area contributed by atoms with E-state index in [2.05, 4.69) is 36.6 Å². The zero-order valence-corrected chi connectivity index (χ0v) is 13.4. The van der Waals surface area contributed by atoms with Crippen LogP contribution in [0, 0.1) is 5.92 Å². The van der Waals surface area contributed by atoms with Crippen molar-refractivity contribution < 1.29 is 17.9 Å². The molecule has 1 aromatic rings. The molecule has 1 aromatic carbocycles. The number of hydrogen-bond donors (Lipinski definition) is 0. The van der Waals surface area contributed by atoms with Gasteiger partial charge in [-0.15, -0.1) is 0 Å². The largest absolute Gasteiger partial charge is 0.411 e. The first kappa shape index (κ1) is 17.0. The van der Waals surface area contributed by atoms with Gasteiger partial charge in [0.2, 0.25) is 0 Å². The van der Waals surface area contributed by atoms with Crippen LogP contribution in [0.15, 0.2) is 28.7 Å². The number of rotatable bonds is 7. The van der Waals surface area contributed by atoms with E-state index in [0.29, 0.717) is 6.42 Å².